The lowest BCUT2D eigenvalue weighted by Gasteiger charge is -2.11. The van der Waals surface area contributed by atoms with Gasteiger partial charge >= 0.3 is 6.61 Å². The summed E-state index contributed by atoms with van der Waals surface area (Å²) in [6.07, 6.45) is 0. The number of ether oxygens (including phenoxy) is 2. The monoisotopic (exact) mass is 370 g/mol. The van der Waals surface area contributed by atoms with E-state index in [0.717, 1.165) is 6.07 Å². The summed E-state index contributed by atoms with van der Waals surface area (Å²) in [5.74, 6) is -1.29. The molecule has 25 heavy (non-hydrogen) atoms. The first-order valence-corrected chi connectivity index (χ1v) is 7.27. The van der Waals surface area contributed by atoms with Crippen molar-refractivity contribution in [2.24, 2.45) is 0 Å². The van der Waals surface area contributed by atoms with Gasteiger partial charge in [-0.2, -0.15) is 8.78 Å². The Morgan fingerprint density at radius 2 is 1.80 bits per heavy atom. The van der Waals surface area contributed by atoms with Gasteiger partial charge in [0, 0.05) is 10.6 Å². The average molecular weight is 371 g/mol. The first-order valence-electron chi connectivity index (χ1n) is 6.90. The molecule has 2 rings (SSSR count). The second kappa shape index (κ2) is 8.29. The molecule has 2 aromatic carbocycles. The van der Waals surface area contributed by atoms with Gasteiger partial charge < -0.3 is 9.47 Å². The second-order valence-electron chi connectivity index (χ2n) is 4.66. The number of carbonyl (C=O) groups excluding carboxylic acids is 2. The van der Waals surface area contributed by atoms with Crippen LogP contribution >= 0.6 is 11.6 Å². The second-order valence-corrected chi connectivity index (χ2v) is 5.10. The maximum Gasteiger partial charge on any atom is 0.387 e. The summed E-state index contributed by atoms with van der Waals surface area (Å²) in [7, 11) is 1.37. The zero-order valence-corrected chi connectivity index (χ0v) is 13.6. The lowest BCUT2D eigenvalue weighted by atomic mass is 10.2. The molecule has 0 aliphatic carbocycles. The number of halogens is 3. The number of hydrazine groups is 1. The van der Waals surface area contributed by atoms with Crippen LogP contribution in [-0.4, -0.2) is 25.5 Å². The average Bonchev–Trinajstić information content (AvgIpc) is 2.58. The number of methoxy groups -OCH3 is 1. The third-order valence-electron chi connectivity index (χ3n) is 3.02. The molecule has 0 aliphatic rings. The van der Waals surface area contributed by atoms with Crippen molar-refractivity contribution in [3.8, 4) is 11.5 Å². The summed E-state index contributed by atoms with van der Waals surface area (Å²) in [6, 6.07) is 9.52. The Morgan fingerprint density at radius 1 is 1.08 bits per heavy atom. The normalized spacial score (nSPS) is 10.3. The molecule has 6 nitrogen and oxygen atoms in total. The molecule has 2 N–H and O–H groups in total. The molecule has 9 heteroatoms. The molecule has 0 saturated heterocycles. The van der Waals surface area contributed by atoms with Crippen LogP contribution in [0.5, 0.6) is 11.5 Å². The SMILES string of the molecule is COc1cc(Cl)ccc1C(=O)NNC(=O)c1cccc(OC(F)F)c1. The summed E-state index contributed by atoms with van der Waals surface area (Å²) in [6.45, 7) is -3.00. The highest BCUT2D eigenvalue weighted by atomic mass is 35.5. The molecule has 0 bridgehead atoms. The van der Waals surface area contributed by atoms with Gasteiger partial charge in [0.2, 0.25) is 0 Å². The summed E-state index contributed by atoms with van der Waals surface area (Å²) in [4.78, 5) is 24.1. The maximum absolute atomic E-state index is 12.2. The lowest BCUT2D eigenvalue weighted by molar-refractivity contribution is -0.0498. The fourth-order valence-corrected chi connectivity index (χ4v) is 2.08. The Bertz CT molecular complexity index is 786. The standard InChI is InChI=1S/C16H13ClF2N2O4/c1-24-13-8-10(17)5-6-12(13)15(23)21-20-14(22)9-3-2-4-11(7-9)25-16(18)19/h2-8,16H,1H3,(H,20,22)(H,21,23). The van der Waals surface area contributed by atoms with Crippen LogP contribution in [0.15, 0.2) is 42.5 Å². The zero-order valence-electron chi connectivity index (χ0n) is 12.9. The van der Waals surface area contributed by atoms with Gasteiger partial charge in [0.1, 0.15) is 11.5 Å². The minimum Gasteiger partial charge on any atom is -0.496 e. The Morgan fingerprint density at radius 3 is 2.48 bits per heavy atom. The predicted octanol–water partition coefficient (Wildman–Crippen LogP) is 3.02. The van der Waals surface area contributed by atoms with Gasteiger partial charge in [0.05, 0.1) is 12.7 Å². The number of alkyl halides is 2. The number of hydrogen-bond donors (Lipinski definition) is 2. The van der Waals surface area contributed by atoms with E-state index in [-0.39, 0.29) is 22.6 Å². The van der Waals surface area contributed by atoms with Gasteiger partial charge in [-0.05, 0) is 36.4 Å². The van der Waals surface area contributed by atoms with Crippen molar-refractivity contribution >= 4 is 23.4 Å². The molecule has 0 fully saturated rings. The Hall–Kier alpha value is -2.87. The molecule has 0 unspecified atom stereocenters. The molecular weight excluding hydrogens is 358 g/mol. The highest BCUT2D eigenvalue weighted by Crippen LogP contribution is 2.22. The van der Waals surface area contributed by atoms with E-state index in [2.05, 4.69) is 15.6 Å². The lowest BCUT2D eigenvalue weighted by Crippen LogP contribution is -2.41. The van der Waals surface area contributed by atoms with Crippen LogP contribution < -0.4 is 20.3 Å². The first-order chi connectivity index (χ1) is 11.9. The molecule has 132 valence electrons. The van der Waals surface area contributed by atoms with Gasteiger partial charge in [-0.25, -0.2) is 0 Å². The first kappa shape index (κ1) is 18.5. The van der Waals surface area contributed by atoms with E-state index in [1.807, 2.05) is 0 Å². The third-order valence-corrected chi connectivity index (χ3v) is 3.25. The number of hydrogen-bond acceptors (Lipinski definition) is 4. The molecule has 0 heterocycles. The van der Waals surface area contributed by atoms with E-state index in [9.17, 15) is 18.4 Å². The van der Waals surface area contributed by atoms with Crippen molar-refractivity contribution < 1.29 is 27.8 Å². The van der Waals surface area contributed by atoms with Crippen molar-refractivity contribution in [3.05, 3.63) is 58.6 Å². The predicted molar refractivity (Wildman–Crippen MR) is 86.0 cm³/mol. The minimum absolute atomic E-state index is 0.0292. The molecule has 0 spiro atoms. The number of carbonyl (C=O) groups is 2. The Labute approximate surface area is 146 Å². The van der Waals surface area contributed by atoms with E-state index in [1.165, 1.54) is 43.5 Å². The van der Waals surface area contributed by atoms with Gasteiger partial charge in [0.15, 0.2) is 0 Å². The molecular formula is C16H13ClF2N2O4. The maximum atomic E-state index is 12.2. The fourth-order valence-electron chi connectivity index (χ4n) is 1.92. The quantitative estimate of drug-likeness (QED) is 0.793. The van der Waals surface area contributed by atoms with E-state index in [0.29, 0.717) is 5.02 Å². The van der Waals surface area contributed by atoms with Crippen LogP contribution in [-0.2, 0) is 0 Å². The van der Waals surface area contributed by atoms with Gasteiger partial charge in [-0.15, -0.1) is 0 Å². The van der Waals surface area contributed by atoms with Crippen molar-refractivity contribution in [2.45, 2.75) is 6.61 Å². The topological polar surface area (TPSA) is 76.7 Å². The number of nitrogens with one attached hydrogen (secondary N) is 2. The van der Waals surface area contributed by atoms with Crippen LogP contribution in [0.4, 0.5) is 8.78 Å². The summed E-state index contributed by atoms with van der Waals surface area (Å²) >= 11 is 5.81. The minimum atomic E-state index is -3.00. The van der Waals surface area contributed by atoms with Gasteiger partial charge in [-0.3, -0.25) is 20.4 Å². The molecule has 0 radical (unpaired) electrons. The molecule has 2 amide bonds. The van der Waals surface area contributed by atoms with Crippen molar-refractivity contribution in [2.75, 3.05) is 7.11 Å². The highest BCUT2D eigenvalue weighted by Gasteiger charge is 2.15. The van der Waals surface area contributed by atoms with E-state index < -0.39 is 18.4 Å². The number of amides is 2. The number of benzene rings is 2. The van der Waals surface area contributed by atoms with E-state index in [4.69, 9.17) is 16.3 Å². The van der Waals surface area contributed by atoms with Crippen LogP contribution in [0, 0.1) is 0 Å². The Kier molecular flexibility index (Phi) is 6.13. The highest BCUT2D eigenvalue weighted by molar-refractivity contribution is 6.30. The van der Waals surface area contributed by atoms with Crippen molar-refractivity contribution in [3.63, 3.8) is 0 Å². The van der Waals surface area contributed by atoms with Gasteiger partial charge in [-0.1, -0.05) is 17.7 Å². The molecule has 0 saturated carbocycles. The smallest absolute Gasteiger partial charge is 0.387 e. The third kappa shape index (κ3) is 5.05. The number of rotatable bonds is 5. The molecule has 0 atom stereocenters. The summed E-state index contributed by atoms with van der Waals surface area (Å²) in [5, 5.41) is 0.383. The van der Waals surface area contributed by atoms with Crippen molar-refractivity contribution in [1.82, 2.24) is 10.9 Å². The van der Waals surface area contributed by atoms with E-state index in [1.54, 1.807) is 0 Å². The molecule has 0 aromatic heterocycles. The van der Waals surface area contributed by atoms with Gasteiger partial charge in [0.25, 0.3) is 11.8 Å². The summed E-state index contributed by atoms with van der Waals surface area (Å²) < 4.78 is 33.6. The van der Waals surface area contributed by atoms with E-state index >= 15 is 0 Å². The van der Waals surface area contributed by atoms with Crippen LogP contribution in [0.2, 0.25) is 5.02 Å². The van der Waals surface area contributed by atoms with Crippen LogP contribution in [0.25, 0.3) is 0 Å². The zero-order chi connectivity index (χ0) is 18.4. The Balaban J connectivity index is 2.03. The fraction of sp³-hybridized carbons (Fsp3) is 0.125. The molecule has 0 aliphatic heterocycles. The van der Waals surface area contributed by atoms with Crippen LogP contribution in [0.1, 0.15) is 20.7 Å². The largest absolute Gasteiger partial charge is 0.496 e. The molecule has 2 aromatic rings. The summed E-state index contributed by atoms with van der Waals surface area (Å²) in [5.41, 5.74) is 4.56. The van der Waals surface area contributed by atoms with Crippen LogP contribution in [0.3, 0.4) is 0 Å². The van der Waals surface area contributed by atoms with Crippen molar-refractivity contribution in [1.29, 1.82) is 0 Å².